The van der Waals surface area contributed by atoms with Crippen molar-refractivity contribution in [2.75, 3.05) is 46.2 Å². The first kappa shape index (κ1) is 58.4. The number of rotatable bonds is 16. The summed E-state index contributed by atoms with van der Waals surface area (Å²) in [5, 5.41) is 211. The van der Waals surface area contributed by atoms with E-state index < -0.39 is 243 Å². The van der Waals surface area contributed by atoms with Gasteiger partial charge in [-0.2, -0.15) is 0 Å². The highest BCUT2D eigenvalue weighted by Crippen LogP contribution is 2.36. The van der Waals surface area contributed by atoms with Gasteiger partial charge in [0, 0.05) is 0 Å². The van der Waals surface area contributed by atoms with E-state index in [9.17, 15) is 102 Å². The van der Waals surface area contributed by atoms with Crippen molar-refractivity contribution in [3.05, 3.63) is 0 Å². The van der Waals surface area contributed by atoms with Gasteiger partial charge in [-0.05, 0) is 0 Å². The minimum absolute atomic E-state index is 0.471. The first-order valence-corrected chi connectivity index (χ1v) is 22.9. The number of hydrogen-bond acceptors (Lipinski definition) is 33. The molecule has 7 heterocycles. The molecule has 33 heteroatoms. The summed E-state index contributed by atoms with van der Waals surface area (Å²) in [5.74, 6) is 0. The Bertz CT molecular complexity index is 1660. The maximum absolute atomic E-state index is 11.7. The van der Waals surface area contributed by atoms with Crippen LogP contribution in [0, 0.1) is 0 Å². The third-order valence-electron chi connectivity index (χ3n) is 13.3. The molecule has 0 aromatic heterocycles. The van der Waals surface area contributed by atoms with Gasteiger partial charge in [0.25, 0.3) is 0 Å². The van der Waals surface area contributed by atoms with Crippen LogP contribution in [-0.2, 0) is 61.6 Å². The fourth-order valence-corrected chi connectivity index (χ4v) is 8.85. The van der Waals surface area contributed by atoms with Crippen LogP contribution in [0.25, 0.3) is 0 Å². The van der Waals surface area contributed by atoms with Crippen LogP contribution in [0.15, 0.2) is 0 Å². The van der Waals surface area contributed by atoms with Crippen LogP contribution in [-0.4, -0.2) is 345 Å². The van der Waals surface area contributed by atoms with Crippen molar-refractivity contribution >= 4 is 0 Å². The van der Waals surface area contributed by atoms with Crippen molar-refractivity contribution in [1.29, 1.82) is 0 Å². The van der Waals surface area contributed by atoms with E-state index in [1.807, 2.05) is 0 Å². The Morgan fingerprint density at radius 3 is 0.972 bits per heavy atom. The first-order chi connectivity index (χ1) is 34.0. The zero-order valence-electron chi connectivity index (χ0n) is 37.7. The van der Waals surface area contributed by atoms with Crippen LogP contribution >= 0.6 is 0 Å². The second-order valence-corrected chi connectivity index (χ2v) is 18.3. The van der Waals surface area contributed by atoms with E-state index in [0.29, 0.717) is 0 Å². The minimum atomic E-state index is -2.30. The van der Waals surface area contributed by atoms with Gasteiger partial charge in [0.05, 0.1) is 46.2 Å². The normalized spacial score (nSPS) is 53.8. The second kappa shape index (κ2) is 25.0. The third-order valence-corrected chi connectivity index (χ3v) is 13.3. The monoisotopic (exact) mass is 1060 g/mol. The molecular weight excluding hydrogens is 996 g/mol. The summed E-state index contributed by atoms with van der Waals surface area (Å²) >= 11 is 0. The van der Waals surface area contributed by atoms with Crippen molar-refractivity contribution in [2.24, 2.45) is 0 Å². The molecule has 0 amide bonds. The predicted molar refractivity (Wildman–Crippen MR) is 214 cm³/mol. The average molecular weight is 1060 g/mol. The van der Waals surface area contributed by atoms with Crippen molar-refractivity contribution < 1.29 is 164 Å². The average Bonchev–Trinajstić information content (AvgIpc) is 3.36. The molecule has 0 aromatic carbocycles. The Kier molecular flexibility index (Phi) is 20.3. The maximum Gasteiger partial charge on any atom is 0.187 e. The topological polar surface area (TPSA) is 525 Å². The summed E-state index contributed by atoms with van der Waals surface area (Å²) in [5.41, 5.74) is 0. The van der Waals surface area contributed by atoms with Gasteiger partial charge in [-0.1, -0.05) is 0 Å². The molecule has 0 aromatic rings. The van der Waals surface area contributed by atoms with Crippen LogP contribution in [0.1, 0.15) is 0 Å². The highest BCUT2D eigenvalue weighted by molar-refractivity contribution is 4.99. The summed E-state index contributed by atoms with van der Waals surface area (Å²) in [4.78, 5) is 0. The van der Waals surface area contributed by atoms with Crippen molar-refractivity contribution in [3.63, 3.8) is 0 Å². The number of aliphatic hydroxyl groups excluding tert-OH is 20. The van der Waals surface area contributed by atoms with Crippen LogP contribution < -0.4 is 0 Å². The number of aliphatic hydroxyl groups is 20. The lowest BCUT2D eigenvalue weighted by atomic mass is 9.95. The van der Waals surface area contributed by atoms with Crippen molar-refractivity contribution in [2.45, 2.75) is 197 Å². The van der Waals surface area contributed by atoms with Crippen LogP contribution in [0.3, 0.4) is 0 Å². The Balaban J connectivity index is 1.11. The molecule has 7 aliphatic rings. The third kappa shape index (κ3) is 12.5. The van der Waals surface area contributed by atoms with Gasteiger partial charge >= 0.3 is 0 Å². The first-order valence-electron chi connectivity index (χ1n) is 22.9. The second-order valence-electron chi connectivity index (χ2n) is 18.3. The lowest BCUT2D eigenvalue weighted by Gasteiger charge is -2.49. The largest absolute Gasteiger partial charge is 0.394 e. The van der Waals surface area contributed by atoms with Gasteiger partial charge in [0.1, 0.15) is 153 Å². The quantitative estimate of drug-likeness (QED) is 0.0682. The lowest BCUT2D eigenvalue weighted by Crippen LogP contribution is -2.68. The van der Waals surface area contributed by atoms with Gasteiger partial charge in [0.2, 0.25) is 0 Å². The summed E-state index contributed by atoms with van der Waals surface area (Å²) in [6.45, 7) is -4.95. The highest BCUT2D eigenvalue weighted by Gasteiger charge is 2.56. The Morgan fingerprint density at radius 1 is 0.292 bits per heavy atom. The molecule has 7 saturated heterocycles. The molecule has 72 heavy (non-hydrogen) atoms. The molecule has 7 fully saturated rings. The number of ether oxygens (including phenoxy) is 13. The minimum Gasteiger partial charge on any atom is -0.394 e. The molecule has 0 bridgehead atoms. The van der Waals surface area contributed by atoms with Crippen molar-refractivity contribution in [1.82, 2.24) is 0 Å². The fourth-order valence-electron chi connectivity index (χ4n) is 8.85. The zero-order valence-corrected chi connectivity index (χ0v) is 37.7. The van der Waals surface area contributed by atoms with Crippen LogP contribution in [0.5, 0.6) is 0 Å². The van der Waals surface area contributed by atoms with E-state index in [1.165, 1.54) is 0 Å². The molecule has 1 unspecified atom stereocenters. The van der Waals surface area contributed by atoms with Gasteiger partial charge < -0.3 is 164 Å². The molecule has 0 radical (unpaired) electrons. The van der Waals surface area contributed by atoms with Gasteiger partial charge in [0.15, 0.2) is 44.0 Å². The fraction of sp³-hybridized carbons (Fsp3) is 1.00. The molecule has 0 aliphatic carbocycles. The standard InChI is InChI=1S/C39H66O33/c40-1-11-30(20(49)23(52)33(59)66-11)70-38-28(57)21(50)32(14(68-38)7-65-36-26(55)17(46)10(43)4-62-36)72-39-29(58)22(51)31(13(69-39)6-64-35-25(54)16(45)9(42)3-61-35)71-37-27(56)19(48)18(47)12(67-37)5-63-34-24(53)15(44)8(41)2-60-34/h8-59H,1-7H2/t8-,9-,10-,11-,12-,13-,14-,15+,16+,17+,18-,19+,20-,21-,22-,23-,24-,25-,26-,27-,28-,29-,30-,31-,32-,33?,34-,35-,36+,37+,38+,39+/m1/s1. The van der Waals surface area contributed by atoms with E-state index in [1.54, 1.807) is 0 Å². The molecular formula is C39H66O33. The van der Waals surface area contributed by atoms with E-state index in [2.05, 4.69) is 0 Å². The molecule has 33 nitrogen and oxygen atoms in total. The Morgan fingerprint density at radius 2 is 0.597 bits per heavy atom. The van der Waals surface area contributed by atoms with Gasteiger partial charge in [-0.25, -0.2) is 0 Å². The van der Waals surface area contributed by atoms with Crippen LogP contribution in [0.4, 0.5) is 0 Å². The Hall–Kier alpha value is -1.32. The molecule has 20 N–H and O–H groups in total. The summed E-state index contributed by atoms with van der Waals surface area (Å²) in [6.07, 6.45) is -60.4. The Labute approximate surface area is 406 Å². The summed E-state index contributed by atoms with van der Waals surface area (Å²) < 4.78 is 72.6. The molecule has 7 rings (SSSR count). The summed E-state index contributed by atoms with van der Waals surface area (Å²) in [7, 11) is 0. The zero-order chi connectivity index (χ0) is 52.6. The SMILES string of the molecule is OC[C@H]1OC(O)[C@H](O)[C@@H](O)[C@@H]1O[C@@H]1O[C@H](CO[C@@H]2OC[C@@H](O)[C@H](O)[C@H]2O)[C@@H](O[C@@H]2O[C@H](CO[C@H]3OC[C@@H](O)[C@H](O)[C@H]3O)[C@@H](O[C@@H]3O[C@H](CO[C@H]4OC[C@@H](O)[C@H](O)[C@H]4O)[C@@H](O)[C@H](O)[C@H]3O)[C@H](O)[C@H]2O)[C@H](O)[C@H]1O. The van der Waals surface area contributed by atoms with Gasteiger partial charge in [-0.15, -0.1) is 0 Å². The van der Waals surface area contributed by atoms with E-state index in [4.69, 9.17) is 61.6 Å². The molecule has 420 valence electrons. The predicted octanol–water partition coefficient (Wildman–Crippen LogP) is -14.4. The van der Waals surface area contributed by atoms with E-state index >= 15 is 0 Å². The number of hydrogen-bond donors (Lipinski definition) is 20. The van der Waals surface area contributed by atoms with E-state index in [-0.39, 0.29) is 0 Å². The maximum atomic E-state index is 11.7. The van der Waals surface area contributed by atoms with E-state index in [0.717, 1.165) is 0 Å². The van der Waals surface area contributed by atoms with Gasteiger partial charge in [-0.3, -0.25) is 0 Å². The molecule has 32 atom stereocenters. The molecule has 0 saturated carbocycles. The van der Waals surface area contributed by atoms with Crippen LogP contribution in [0.2, 0.25) is 0 Å². The highest BCUT2D eigenvalue weighted by atomic mass is 16.8. The smallest absolute Gasteiger partial charge is 0.187 e. The lowest BCUT2D eigenvalue weighted by molar-refractivity contribution is -0.393. The van der Waals surface area contributed by atoms with Crippen molar-refractivity contribution in [3.8, 4) is 0 Å². The molecule has 0 spiro atoms. The molecule has 7 aliphatic heterocycles. The summed E-state index contributed by atoms with van der Waals surface area (Å²) in [6, 6.07) is 0.